The molecule has 0 aromatic rings. The van der Waals surface area contributed by atoms with E-state index in [0.29, 0.717) is 12.1 Å². The summed E-state index contributed by atoms with van der Waals surface area (Å²) >= 11 is 6.24. The lowest BCUT2D eigenvalue weighted by atomic mass is 10.3. The minimum absolute atomic E-state index is 0. The Bertz CT molecular complexity index is 200. The third-order valence-corrected chi connectivity index (χ3v) is 2.92. The summed E-state index contributed by atoms with van der Waals surface area (Å²) in [4.78, 5) is 1.42. The molecule has 0 spiro atoms. The van der Waals surface area contributed by atoms with E-state index in [1.165, 1.54) is 4.90 Å². The average molecular weight is 226 g/mol. The summed E-state index contributed by atoms with van der Waals surface area (Å²) in [6, 6.07) is 1.13. The molecule has 1 atom stereocenters. The summed E-state index contributed by atoms with van der Waals surface area (Å²) in [5.41, 5.74) is 0. The number of halogens is 2. The van der Waals surface area contributed by atoms with Gasteiger partial charge in [0.25, 0.3) is 0 Å². The Labute approximate surface area is 92.0 Å². The monoisotopic (exact) mass is 225 g/mol. The highest BCUT2D eigenvalue weighted by molar-refractivity contribution is 6.60. The Hall–Kier alpha value is 0.210. The molecule has 4 heteroatoms. The Morgan fingerprint density at radius 2 is 1.85 bits per heavy atom. The fourth-order valence-electron chi connectivity index (χ4n) is 1.64. The van der Waals surface area contributed by atoms with Gasteiger partial charge in [-0.05, 0) is 27.7 Å². The first kappa shape index (κ1) is 13.2. The molecule has 0 aromatic heterocycles. The molecule has 78 valence electrons. The van der Waals surface area contributed by atoms with Crippen molar-refractivity contribution in [2.45, 2.75) is 39.8 Å². The Kier molecular flexibility index (Phi) is 5.26. The zero-order valence-corrected chi connectivity index (χ0v) is 10.3. The van der Waals surface area contributed by atoms with Gasteiger partial charge in [0.05, 0.1) is 17.6 Å². The van der Waals surface area contributed by atoms with Crippen LogP contribution in [-0.2, 0) is 0 Å². The van der Waals surface area contributed by atoms with Crippen molar-refractivity contribution in [3.8, 4) is 0 Å². The van der Waals surface area contributed by atoms with Crippen molar-refractivity contribution >= 4 is 16.9 Å². The van der Waals surface area contributed by atoms with Gasteiger partial charge in [0.1, 0.15) is 6.54 Å². The van der Waals surface area contributed by atoms with Crippen LogP contribution in [0.4, 0.5) is 0 Å². The van der Waals surface area contributed by atoms with Gasteiger partial charge >= 0.3 is 5.29 Å². The molecule has 2 nitrogen and oxygen atoms in total. The van der Waals surface area contributed by atoms with Crippen molar-refractivity contribution < 1.29 is 21.9 Å². The molecular weight excluding hydrogens is 207 g/mol. The molecule has 1 heterocycles. The normalized spacial score (nSPS) is 22.8. The fraction of sp³-hybridized carbons (Fsp3) is 0.889. The number of amidine groups is 1. The molecule has 0 aliphatic carbocycles. The summed E-state index contributed by atoms with van der Waals surface area (Å²) in [6.45, 7) is 11.0. The Morgan fingerprint density at radius 3 is 2.08 bits per heavy atom. The molecule has 0 bridgehead atoms. The van der Waals surface area contributed by atoms with Crippen molar-refractivity contribution in [2.75, 3.05) is 13.1 Å². The zero-order valence-electron chi connectivity index (χ0n) is 8.77. The van der Waals surface area contributed by atoms with E-state index >= 15 is 0 Å². The molecule has 1 unspecified atom stereocenters. The number of nitrogens with zero attached hydrogens (tertiary/aromatic N) is 1. The zero-order chi connectivity index (χ0) is 9.30. The van der Waals surface area contributed by atoms with Crippen LogP contribution in [0.15, 0.2) is 0 Å². The highest BCUT2D eigenvalue weighted by atomic mass is 35.5. The van der Waals surface area contributed by atoms with E-state index < -0.39 is 0 Å². The second-order valence-electron chi connectivity index (χ2n) is 4.01. The van der Waals surface area contributed by atoms with E-state index in [2.05, 4.69) is 32.3 Å². The highest BCUT2D eigenvalue weighted by Crippen LogP contribution is 1.95. The molecule has 0 radical (unpaired) electrons. The third kappa shape index (κ3) is 2.83. The van der Waals surface area contributed by atoms with Crippen LogP contribution in [0.2, 0.25) is 0 Å². The first-order valence-electron chi connectivity index (χ1n) is 4.69. The van der Waals surface area contributed by atoms with Crippen molar-refractivity contribution in [3.05, 3.63) is 0 Å². The predicted molar refractivity (Wildman–Crippen MR) is 52.1 cm³/mol. The van der Waals surface area contributed by atoms with E-state index in [4.69, 9.17) is 11.6 Å². The van der Waals surface area contributed by atoms with E-state index in [0.717, 1.165) is 18.4 Å². The largest absolute Gasteiger partial charge is 1.00 e. The first-order chi connectivity index (χ1) is 5.54. The number of quaternary nitrogens is 1. The molecule has 1 aliphatic rings. The van der Waals surface area contributed by atoms with Gasteiger partial charge in [0.15, 0.2) is 12.6 Å². The van der Waals surface area contributed by atoms with Gasteiger partial charge in [-0.15, -0.1) is 0 Å². The van der Waals surface area contributed by atoms with Gasteiger partial charge in [-0.2, -0.15) is 4.58 Å². The van der Waals surface area contributed by atoms with Crippen LogP contribution < -0.4 is 17.3 Å². The van der Waals surface area contributed by atoms with Gasteiger partial charge in [0.2, 0.25) is 0 Å². The second kappa shape index (κ2) is 5.18. The van der Waals surface area contributed by atoms with Crippen molar-refractivity contribution in [1.29, 1.82) is 0 Å². The molecule has 0 saturated heterocycles. The molecule has 0 amide bonds. The summed E-state index contributed by atoms with van der Waals surface area (Å²) in [6.07, 6.45) is 0. The van der Waals surface area contributed by atoms with E-state index in [-0.39, 0.29) is 12.4 Å². The van der Waals surface area contributed by atoms with Crippen LogP contribution in [0.3, 0.4) is 0 Å². The van der Waals surface area contributed by atoms with Gasteiger partial charge in [-0.25, -0.2) is 4.90 Å². The minimum Gasteiger partial charge on any atom is -1.00 e. The van der Waals surface area contributed by atoms with Crippen molar-refractivity contribution in [2.24, 2.45) is 0 Å². The molecule has 1 rings (SSSR count). The lowest BCUT2D eigenvalue weighted by molar-refractivity contribution is -0.822. The molecule has 0 aromatic carbocycles. The number of hydrogen-bond acceptors (Lipinski definition) is 0. The highest BCUT2D eigenvalue weighted by Gasteiger charge is 2.36. The maximum absolute atomic E-state index is 6.24. The van der Waals surface area contributed by atoms with E-state index in [9.17, 15) is 0 Å². The summed E-state index contributed by atoms with van der Waals surface area (Å²) in [5, 5.41) is 1.00. The molecular formula is C9H19Cl2N2+. The van der Waals surface area contributed by atoms with Crippen LogP contribution in [-0.4, -0.2) is 35.0 Å². The second-order valence-corrected chi connectivity index (χ2v) is 4.37. The maximum Gasteiger partial charge on any atom is 0.437 e. The van der Waals surface area contributed by atoms with E-state index in [1.807, 2.05) is 0 Å². The Morgan fingerprint density at radius 1 is 1.31 bits per heavy atom. The summed E-state index contributed by atoms with van der Waals surface area (Å²) < 4.78 is 2.27. The predicted octanol–water partition coefficient (Wildman–Crippen LogP) is -2.69. The standard InChI is InChI=1S/C9H18ClN2.ClH/c1-7(2)11-5-6-12(8(3)4)9(11)10;/h7-8H,5-6H2,1-4H3;1H/q+1;. The van der Waals surface area contributed by atoms with Gasteiger partial charge in [0, 0.05) is 0 Å². The van der Waals surface area contributed by atoms with Crippen LogP contribution in [0.1, 0.15) is 27.7 Å². The van der Waals surface area contributed by atoms with Gasteiger partial charge in [-0.1, -0.05) is 0 Å². The number of nitrogens with one attached hydrogen (secondary N) is 1. The summed E-state index contributed by atoms with van der Waals surface area (Å²) in [7, 11) is 0. The summed E-state index contributed by atoms with van der Waals surface area (Å²) in [5.74, 6) is 0. The molecule has 1 aliphatic heterocycles. The number of rotatable bonds is 2. The van der Waals surface area contributed by atoms with E-state index in [1.54, 1.807) is 0 Å². The Balaban J connectivity index is 0.00000144. The van der Waals surface area contributed by atoms with Crippen LogP contribution in [0, 0.1) is 0 Å². The number of hydrogen-bond donors (Lipinski definition) is 1. The molecule has 0 saturated carbocycles. The molecule has 13 heavy (non-hydrogen) atoms. The smallest absolute Gasteiger partial charge is 0.437 e. The topological polar surface area (TPSA) is 7.45 Å². The minimum atomic E-state index is 0. The quantitative estimate of drug-likeness (QED) is 0.387. The van der Waals surface area contributed by atoms with Gasteiger partial charge < -0.3 is 12.4 Å². The van der Waals surface area contributed by atoms with Crippen molar-refractivity contribution in [3.63, 3.8) is 0 Å². The van der Waals surface area contributed by atoms with Crippen LogP contribution in [0.25, 0.3) is 0 Å². The fourth-order valence-corrected chi connectivity index (χ4v) is 2.23. The van der Waals surface area contributed by atoms with Crippen LogP contribution >= 0.6 is 11.6 Å². The maximum atomic E-state index is 6.24. The van der Waals surface area contributed by atoms with Gasteiger partial charge in [-0.3, -0.25) is 0 Å². The third-order valence-electron chi connectivity index (χ3n) is 2.46. The lowest BCUT2D eigenvalue weighted by Crippen LogP contribution is -3.15. The first-order valence-corrected chi connectivity index (χ1v) is 5.07. The average Bonchev–Trinajstić information content (AvgIpc) is 2.30. The van der Waals surface area contributed by atoms with Crippen LogP contribution in [0.5, 0.6) is 0 Å². The molecule has 0 fully saturated rings. The van der Waals surface area contributed by atoms with Crippen molar-refractivity contribution in [1.82, 2.24) is 0 Å². The SMILES string of the molecule is CC(C)[N+]1=C(Cl)[NH+](C(C)C)CC1.[Cl-]. The lowest BCUT2D eigenvalue weighted by Gasteiger charge is -2.10. The molecule has 1 N–H and O–H groups in total.